The molecule has 3 aromatic rings. The van der Waals surface area contributed by atoms with Gasteiger partial charge in [0.1, 0.15) is 4.88 Å². The molecule has 1 fully saturated rings. The van der Waals surface area contributed by atoms with Crippen molar-refractivity contribution in [3.05, 3.63) is 56.3 Å². The molecule has 1 N–H and O–H groups in total. The summed E-state index contributed by atoms with van der Waals surface area (Å²) in [6.45, 7) is 6.87. The summed E-state index contributed by atoms with van der Waals surface area (Å²) in [6.07, 6.45) is 0. The van der Waals surface area contributed by atoms with Crippen molar-refractivity contribution in [2.24, 2.45) is 0 Å². The van der Waals surface area contributed by atoms with Crippen LogP contribution in [0.2, 0.25) is 15.1 Å². The van der Waals surface area contributed by atoms with Gasteiger partial charge in [-0.2, -0.15) is 0 Å². The molecular weight excluding hydrogens is 449 g/mol. The zero-order valence-corrected chi connectivity index (χ0v) is 18.9. The summed E-state index contributed by atoms with van der Waals surface area (Å²) < 4.78 is 0.884. The molecule has 1 aliphatic heterocycles. The second-order valence-electron chi connectivity index (χ2n) is 6.90. The van der Waals surface area contributed by atoms with Gasteiger partial charge in [-0.15, -0.1) is 11.3 Å². The predicted octanol–water partition coefficient (Wildman–Crippen LogP) is 6.26. The third kappa shape index (κ3) is 4.21. The average molecular weight is 469 g/mol. The van der Waals surface area contributed by atoms with Crippen molar-refractivity contribution >= 4 is 73.5 Å². The molecule has 0 saturated carbocycles. The van der Waals surface area contributed by atoms with Crippen molar-refractivity contribution in [2.75, 3.05) is 42.9 Å². The summed E-state index contributed by atoms with van der Waals surface area (Å²) >= 11 is 20.4. The summed E-state index contributed by atoms with van der Waals surface area (Å²) in [5.41, 5.74) is 1.55. The van der Waals surface area contributed by atoms with E-state index in [2.05, 4.69) is 22.0 Å². The van der Waals surface area contributed by atoms with Crippen LogP contribution in [0.4, 0.5) is 11.4 Å². The summed E-state index contributed by atoms with van der Waals surface area (Å²) in [6, 6.07) is 11.0. The van der Waals surface area contributed by atoms with Crippen LogP contribution in [0.3, 0.4) is 0 Å². The Hall–Kier alpha value is -1.50. The zero-order chi connectivity index (χ0) is 20.5. The number of halogens is 3. The second kappa shape index (κ2) is 8.70. The first-order valence-corrected chi connectivity index (χ1v) is 11.4. The number of para-hydroxylation sites is 1. The fraction of sp³-hybridized carbons (Fsp3) is 0.286. The summed E-state index contributed by atoms with van der Waals surface area (Å²) in [5, 5.41) is 5.53. The van der Waals surface area contributed by atoms with E-state index in [1.807, 2.05) is 30.3 Å². The van der Waals surface area contributed by atoms with Gasteiger partial charge in [0.2, 0.25) is 0 Å². The van der Waals surface area contributed by atoms with Gasteiger partial charge in [-0.3, -0.25) is 4.79 Å². The van der Waals surface area contributed by atoms with Crippen molar-refractivity contribution in [1.29, 1.82) is 0 Å². The number of carbonyl (C=O) groups is 1. The number of nitrogens with zero attached hydrogens (tertiary/aromatic N) is 2. The SMILES string of the molecule is CCN1CCN(c2c(Cl)cccc2NC(=O)c2sc3cc(Cl)ccc3c2Cl)CC1. The van der Waals surface area contributed by atoms with Crippen molar-refractivity contribution in [3.63, 3.8) is 0 Å². The largest absolute Gasteiger partial charge is 0.366 e. The van der Waals surface area contributed by atoms with Crippen LogP contribution >= 0.6 is 46.1 Å². The topological polar surface area (TPSA) is 35.6 Å². The van der Waals surface area contributed by atoms with Crippen molar-refractivity contribution in [3.8, 4) is 0 Å². The van der Waals surface area contributed by atoms with E-state index in [0.29, 0.717) is 25.6 Å². The van der Waals surface area contributed by atoms with Crippen LogP contribution in [-0.2, 0) is 0 Å². The molecule has 1 saturated heterocycles. The molecule has 0 atom stereocenters. The van der Waals surface area contributed by atoms with Gasteiger partial charge < -0.3 is 15.1 Å². The molecule has 2 aromatic carbocycles. The van der Waals surface area contributed by atoms with E-state index in [-0.39, 0.29) is 5.91 Å². The van der Waals surface area contributed by atoms with Gasteiger partial charge in [-0.25, -0.2) is 0 Å². The van der Waals surface area contributed by atoms with Gasteiger partial charge in [0.15, 0.2) is 0 Å². The Morgan fingerprint density at radius 2 is 1.86 bits per heavy atom. The molecular formula is C21H20Cl3N3OS. The minimum Gasteiger partial charge on any atom is -0.366 e. The van der Waals surface area contributed by atoms with E-state index in [1.165, 1.54) is 11.3 Å². The van der Waals surface area contributed by atoms with Gasteiger partial charge in [0.05, 0.1) is 21.4 Å². The van der Waals surface area contributed by atoms with Gasteiger partial charge in [-0.05, 0) is 30.8 Å². The maximum absolute atomic E-state index is 13.0. The molecule has 4 nitrogen and oxygen atoms in total. The van der Waals surface area contributed by atoms with Gasteiger partial charge in [0, 0.05) is 41.3 Å². The molecule has 0 spiro atoms. The van der Waals surface area contributed by atoms with E-state index in [4.69, 9.17) is 34.8 Å². The Morgan fingerprint density at radius 3 is 2.59 bits per heavy atom. The Kier molecular flexibility index (Phi) is 6.23. The highest BCUT2D eigenvalue weighted by Crippen LogP contribution is 2.39. The number of likely N-dealkylation sites (N-methyl/N-ethyl adjacent to an activating group) is 1. The molecule has 0 aliphatic carbocycles. The molecule has 2 heterocycles. The van der Waals surface area contributed by atoms with E-state index in [9.17, 15) is 4.79 Å². The van der Waals surface area contributed by atoms with Crippen molar-refractivity contribution in [2.45, 2.75) is 6.92 Å². The van der Waals surface area contributed by atoms with E-state index in [0.717, 1.165) is 48.5 Å². The highest BCUT2D eigenvalue weighted by atomic mass is 35.5. The van der Waals surface area contributed by atoms with Gasteiger partial charge >= 0.3 is 0 Å². The van der Waals surface area contributed by atoms with E-state index in [1.54, 1.807) is 6.07 Å². The molecule has 0 unspecified atom stereocenters. The number of carbonyl (C=O) groups excluding carboxylic acids is 1. The summed E-state index contributed by atoms with van der Waals surface area (Å²) in [7, 11) is 0. The first-order valence-electron chi connectivity index (χ1n) is 9.42. The van der Waals surface area contributed by atoms with E-state index < -0.39 is 0 Å². The first-order chi connectivity index (χ1) is 14.0. The van der Waals surface area contributed by atoms with Crippen LogP contribution in [0.1, 0.15) is 16.6 Å². The molecule has 1 aromatic heterocycles. The lowest BCUT2D eigenvalue weighted by Gasteiger charge is -2.36. The number of rotatable bonds is 4. The van der Waals surface area contributed by atoms with Crippen LogP contribution in [0.15, 0.2) is 36.4 Å². The first kappa shape index (κ1) is 20.8. The predicted molar refractivity (Wildman–Crippen MR) is 126 cm³/mol. The third-order valence-electron chi connectivity index (χ3n) is 5.17. The molecule has 1 aliphatic rings. The lowest BCUT2D eigenvalue weighted by molar-refractivity contribution is 0.103. The molecule has 0 radical (unpaired) electrons. The number of thiophene rings is 1. The highest BCUT2D eigenvalue weighted by Gasteiger charge is 2.23. The Balaban J connectivity index is 1.62. The van der Waals surface area contributed by atoms with Gasteiger partial charge in [-0.1, -0.05) is 53.9 Å². The maximum Gasteiger partial charge on any atom is 0.267 e. The molecule has 8 heteroatoms. The minimum atomic E-state index is -0.247. The van der Waals surface area contributed by atoms with Gasteiger partial charge in [0.25, 0.3) is 5.91 Å². The van der Waals surface area contributed by atoms with Crippen molar-refractivity contribution in [1.82, 2.24) is 4.90 Å². The molecule has 0 bridgehead atoms. The number of nitrogens with one attached hydrogen (secondary N) is 1. The fourth-order valence-electron chi connectivity index (χ4n) is 3.59. The standard InChI is InChI=1S/C21H20Cl3N3OS/c1-2-26-8-10-27(11-9-26)19-15(23)4-3-5-16(19)25-21(28)20-18(24)14-7-6-13(22)12-17(14)29-20/h3-7,12H,2,8-11H2,1H3,(H,25,28). The number of benzene rings is 2. The van der Waals surface area contributed by atoms with Crippen molar-refractivity contribution < 1.29 is 4.79 Å². The normalized spacial score (nSPS) is 15.1. The van der Waals surface area contributed by atoms with Crippen LogP contribution in [0.25, 0.3) is 10.1 Å². The smallest absolute Gasteiger partial charge is 0.267 e. The Labute approximate surface area is 189 Å². The Bertz CT molecular complexity index is 1060. The second-order valence-corrected chi connectivity index (χ2v) is 9.17. The highest BCUT2D eigenvalue weighted by molar-refractivity contribution is 7.21. The number of hydrogen-bond acceptors (Lipinski definition) is 4. The average Bonchev–Trinajstić information content (AvgIpc) is 3.04. The zero-order valence-electron chi connectivity index (χ0n) is 15.8. The number of fused-ring (bicyclic) bond motifs is 1. The van der Waals surface area contributed by atoms with Crippen LogP contribution in [0, 0.1) is 0 Å². The number of anilines is 2. The monoisotopic (exact) mass is 467 g/mol. The number of hydrogen-bond donors (Lipinski definition) is 1. The quantitative estimate of drug-likeness (QED) is 0.491. The minimum absolute atomic E-state index is 0.247. The molecule has 29 heavy (non-hydrogen) atoms. The third-order valence-corrected chi connectivity index (χ3v) is 7.36. The van der Waals surface area contributed by atoms with E-state index >= 15 is 0 Å². The van der Waals surface area contributed by atoms with Crippen LogP contribution in [-0.4, -0.2) is 43.5 Å². The number of amides is 1. The molecule has 152 valence electrons. The van der Waals surface area contributed by atoms with Crippen LogP contribution in [0.5, 0.6) is 0 Å². The Morgan fingerprint density at radius 1 is 1.10 bits per heavy atom. The fourth-order valence-corrected chi connectivity index (χ4v) is 5.57. The summed E-state index contributed by atoms with van der Waals surface area (Å²) in [4.78, 5) is 18.1. The number of piperazine rings is 1. The molecule has 1 amide bonds. The maximum atomic E-state index is 13.0. The lowest BCUT2D eigenvalue weighted by atomic mass is 10.2. The van der Waals surface area contributed by atoms with Crippen LogP contribution < -0.4 is 10.2 Å². The lowest BCUT2D eigenvalue weighted by Crippen LogP contribution is -2.46. The summed E-state index contributed by atoms with van der Waals surface area (Å²) in [5.74, 6) is -0.247. The molecule has 4 rings (SSSR count).